The molecule has 0 aliphatic carbocycles. The standard InChI is InChI=1S/C18H26ClN3O2/c1-18(2,3)10-16(23)21-12-17(24)22-8-7-20-11-15(22)13-5-4-6-14(19)9-13/h4-6,9,15,20H,7-8,10-12H2,1-3H3,(H,21,23). The highest BCUT2D eigenvalue weighted by atomic mass is 35.5. The SMILES string of the molecule is CC(C)(C)CC(=O)NCC(=O)N1CCNCC1c1cccc(Cl)c1. The van der Waals surface area contributed by atoms with E-state index >= 15 is 0 Å². The molecule has 1 heterocycles. The van der Waals surface area contributed by atoms with E-state index in [0.717, 1.165) is 12.1 Å². The van der Waals surface area contributed by atoms with Gasteiger partial charge in [-0.3, -0.25) is 9.59 Å². The fraction of sp³-hybridized carbons (Fsp3) is 0.556. The molecule has 6 heteroatoms. The fourth-order valence-corrected chi connectivity index (χ4v) is 3.03. The summed E-state index contributed by atoms with van der Waals surface area (Å²) in [5.41, 5.74) is 0.912. The topological polar surface area (TPSA) is 61.4 Å². The zero-order valence-corrected chi connectivity index (χ0v) is 15.3. The number of rotatable bonds is 4. The van der Waals surface area contributed by atoms with Gasteiger partial charge in [0, 0.05) is 31.1 Å². The molecule has 5 nitrogen and oxygen atoms in total. The van der Waals surface area contributed by atoms with Crippen molar-refractivity contribution in [2.75, 3.05) is 26.2 Å². The Kier molecular flexibility index (Phi) is 6.24. The van der Waals surface area contributed by atoms with Gasteiger partial charge in [0.1, 0.15) is 0 Å². The lowest BCUT2D eigenvalue weighted by Crippen LogP contribution is -2.51. The van der Waals surface area contributed by atoms with E-state index in [9.17, 15) is 9.59 Å². The van der Waals surface area contributed by atoms with Crippen molar-refractivity contribution in [3.63, 3.8) is 0 Å². The van der Waals surface area contributed by atoms with Crippen LogP contribution in [0.4, 0.5) is 0 Å². The van der Waals surface area contributed by atoms with Crippen molar-refractivity contribution < 1.29 is 9.59 Å². The minimum Gasteiger partial charge on any atom is -0.347 e. The Morgan fingerprint density at radius 2 is 2.12 bits per heavy atom. The monoisotopic (exact) mass is 351 g/mol. The van der Waals surface area contributed by atoms with Gasteiger partial charge in [-0.15, -0.1) is 0 Å². The number of amides is 2. The summed E-state index contributed by atoms with van der Waals surface area (Å²) in [6.45, 7) is 8.08. The summed E-state index contributed by atoms with van der Waals surface area (Å²) in [5.74, 6) is -0.158. The molecule has 0 saturated carbocycles. The second kappa shape index (κ2) is 7.99. The zero-order chi connectivity index (χ0) is 17.7. The molecule has 24 heavy (non-hydrogen) atoms. The van der Waals surface area contributed by atoms with Crippen molar-refractivity contribution in [3.05, 3.63) is 34.9 Å². The maximum atomic E-state index is 12.6. The zero-order valence-electron chi connectivity index (χ0n) is 14.6. The van der Waals surface area contributed by atoms with E-state index in [2.05, 4.69) is 10.6 Å². The molecule has 1 fully saturated rings. The molecular formula is C18H26ClN3O2. The third-order valence-electron chi connectivity index (χ3n) is 3.92. The number of halogens is 1. The largest absolute Gasteiger partial charge is 0.347 e. The molecule has 2 rings (SSSR count). The van der Waals surface area contributed by atoms with Crippen LogP contribution in [0.25, 0.3) is 0 Å². The first kappa shape index (κ1) is 18.7. The summed E-state index contributed by atoms with van der Waals surface area (Å²) < 4.78 is 0. The Morgan fingerprint density at radius 1 is 1.38 bits per heavy atom. The van der Waals surface area contributed by atoms with Crippen molar-refractivity contribution in [3.8, 4) is 0 Å². The van der Waals surface area contributed by atoms with Gasteiger partial charge in [-0.1, -0.05) is 44.5 Å². The molecular weight excluding hydrogens is 326 g/mol. The number of hydrogen-bond acceptors (Lipinski definition) is 3. The van der Waals surface area contributed by atoms with Crippen molar-refractivity contribution >= 4 is 23.4 Å². The second-order valence-electron chi connectivity index (χ2n) is 7.38. The van der Waals surface area contributed by atoms with Gasteiger partial charge in [-0.05, 0) is 23.1 Å². The van der Waals surface area contributed by atoms with E-state index in [1.54, 1.807) is 0 Å². The molecule has 0 radical (unpaired) electrons. The van der Waals surface area contributed by atoms with Gasteiger partial charge in [0.25, 0.3) is 0 Å². The lowest BCUT2D eigenvalue weighted by atomic mass is 9.92. The molecule has 1 aliphatic heterocycles. The van der Waals surface area contributed by atoms with Crippen LogP contribution in [-0.2, 0) is 9.59 Å². The summed E-state index contributed by atoms with van der Waals surface area (Å²) in [6.07, 6.45) is 0.402. The molecule has 1 aliphatic rings. The minimum absolute atomic E-state index is 0.0337. The average Bonchev–Trinajstić information content (AvgIpc) is 2.51. The molecule has 0 spiro atoms. The minimum atomic E-state index is -0.0923. The van der Waals surface area contributed by atoms with Crippen LogP contribution >= 0.6 is 11.6 Å². The van der Waals surface area contributed by atoms with E-state index in [1.807, 2.05) is 49.9 Å². The number of carbonyl (C=O) groups is 2. The van der Waals surface area contributed by atoms with Gasteiger partial charge in [0.15, 0.2) is 0 Å². The van der Waals surface area contributed by atoms with E-state index < -0.39 is 0 Å². The number of hydrogen-bond donors (Lipinski definition) is 2. The van der Waals surface area contributed by atoms with Crippen LogP contribution in [0.2, 0.25) is 5.02 Å². The van der Waals surface area contributed by atoms with Crippen molar-refractivity contribution in [2.45, 2.75) is 33.2 Å². The lowest BCUT2D eigenvalue weighted by Gasteiger charge is -2.36. The maximum absolute atomic E-state index is 12.6. The highest BCUT2D eigenvalue weighted by Gasteiger charge is 2.28. The summed E-state index contributed by atoms with van der Waals surface area (Å²) in [7, 11) is 0. The van der Waals surface area contributed by atoms with E-state index in [0.29, 0.717) is 24.5 Å². The van der Waals surface area contributed by atoms with Crippen molar-refractivity contribution in [1.82, 2.24) is 15.5 Å². The third kappa shape index (κ3) is 5.49. The Labute approximate surface area is 148 Å². The van der Waals surface area contributed by atoms with Crippen LogP contribution in [0.15, 0.2) is 24.3 Å². The van der Waals surface area contributed by atoms with Crippen LogP contribution in [-0.4, -0.2) is 42.9 Å². The summed E-state index contributed by atoms with van der Waals surface area (Å²) >= 11 is 6.07. The molecule has 1 aromatic carbocycles. The highest BCUT2D eigenvalue weighted by Crippen LogP contribution is 2.24. The van der Waals surface area contributed by atoms with Crippen LogP contribution < -0.4 is 10.6 Å². The van der Waals surface area contributed by atoms with Crippen LogP contribution in [0.3, 0.4) is 0 Å². The summed E-state index contributed by atoms with van der Waals surface area (Å²) in [4.78, 5) is 26.3. The maximum Gasteiger partial charge on any atom is 0.242 e. The Hall–Kier alpha value is -1.59. The van der Waals surface area contributed by atoms with Crippen LogP contribution in [0.5, 0.6) is 0 Å². The van der Waals surface area contributed by atoms with Crippen molar-refractivity contribution in [1.29, 1.82) is 0 Å². The number of nitrogens with zero attached hydrogens (tertiary/aromatic N) is 1. The quantitative estimate of drug-likeness (QED) is 0.875. The first-order chi connectivity index (χ1) is 11.3. The molecule has 2 amide bonds. The molecule has 1 aromatic rings. The van der Waals surface area contributed by atoms with Gasteiger partial charge in [-0.25, -0.2) is 0 Å². The number of piperazine rings is 1. The van der Waals surface area contributed by atoms with Gasteiger partial charge in [-0.2, -0.15) is 0 Å². The second-order valence-corrected chi connectivity index (χ2v) is 7.81. The number of carbonyl (C=O) groups excluding carboxylic acids is 2. The average molecular weight is 352 g/mol. The Bertz CT molecular complexity index is 598. The van der Waals surface area contributed by atoms with E-state index in [4.69, 9.17) is 11.6 Å². The Morgan fingerprint density at radius 3 is 2.79 bits per heavy atom. The molecule has 132 valence electrons. The fourth-order valence-electron chi connectivity index (χ4n) is 2.83. The molecule has 1 unspecified atom stereocenters. The van der Waals surface area contributed by atoms with E-state index in [-0.39, 0.29) is 29.8 Å². The molecule has 1 atom stereocenters. The first-order valence-corrected chi connectivity index (χ1v) is 8.66. The van der Waals surface area contributed by atoms with Gasteiger partial charge in [0.05, 0.1) is 12.6 Å². The van der Waals surface area contributed by atoms with Gasteiger partial charge >= 0.3 is 0 Å². The smallest absolute Gasteiger partial charge is 0.242 e. The van der Waals surface area contributed by atoms with Crippen LogP contribution in [0.1, 0.15) is 38.8 Å². The van der Waals surface area contributed by atoms with E-state index in [1.165, 1.54) is 0 Å². The van der Waals surface area contributed by atoms with Crippen LogP contribution in [0, 0.1) is 5.41 Å². The van der Waals surface area contributed by atoms with Gasteiger partial charge < -0.3 is 15.5 Å². The number of nitrogens with one attached hydrogen (secondary N) is 2. The van der Waals surface area contributed by atoms with Gasteiger partial charge in [0.2, 0.25) is 11.8 Å². The van der Waals surface area contributed by atoms with Crippen molar-refractivity contribution in [2.24, 2.45) is 5.41 Å². The lowest BCUT2D eigenvalue weighted by molar-refractivity contribution is -0.136. The molecule has 0 bridgehead atoms. The summed E-state index contributed by atoms with van der Waals surface area (Å²) in [5, 5.41) is 6.71. The predicted octanol–water partition coefficient (Wildman–Crippen LogP) is 2.37. The Balaban J connectivity index is 1.99. The molecule has 1 saturated heterocycles. The first-order valence-electron chi connectivity index (χ1n) is 8.28. The molecule has 2 N–H and O–H groups in total. The molecule has 0 aromatic heterocycles. The predicted molar refractivity (Wildman–Crippen MR) is 95.9 cm³/mol. The number of benzene rings is 1. The third-order valence-corrected chi connectivity index (χ3v) is 4.16. The highest BCUT2D eigenvalue weighted by molar-refractivity contribution is 6.30. The summed E-state index contributed by atoms with van der Waals surface area (Å²) in [6, 6.07) is 7.50. The normalized spacial score (nSPS) is 18.3.